The Hall–Kier alpha value is -4.78. The lowest BCUT2D eigenvalue weighted by atomic mass is 9.82. The van der Waals surface area contributed by atoms with Crippen LogP contribution in [0.15, 0.2) is 66.7 Å². The standard InChI is InChI=1S/C53H70N2O10/c1-52(2,3)64-50(56)38-20-16-36(17-21-38)34-62-42-13-9-11-40(31-42)48-49(41-12-10-14-43(32-41)63-35-37-18-22-39(23-19-37)51(57)65-53(4,5)6)55-46-33-44(24-25-45(46)54-48)59-29-27-58-28-30-61-47-15-7-8-26-60-47/h9-14,24-25,31-33,36-39,47H,7-8,15-23,26-30,34-35H2,1-6H3. The van der Waals surface area contributed by atoms with Crippen molar-refractivity contribution in [3.8, 4) is 39.8 Å². The lowest BCUT2D eigenvalue weighted by molar-refractivity contribution is -0.169. The lowest BCUT2D eigenvalue weighted by Gasteiger charge is -2.29. The highest BCUT2D eigenvalue weighted by Crippen LogP contribution is 2.37. The summed E-state index contributed by atoms with van der Waals surface area (Å²) in [6, 6.07) is 21.8. The monoisotopic (exact) mass is 895 g/mol. The van der Waals surface area contributed by atoms with Crippen molar-refractivity contribution >= 4 is 23.0 Å². The normalized spacial score (nSPS) is 21.7. The summed E-state index contributed by atoms with van der Waals surface area (Å²) in [6.07, 6.45) is 9.91. The number of hydrogen-bond donors (Lipinski definition) is 0. The van der Waals surface area contributed by atoms with Crippen molar-refractivity contribution in [1.29, 1.82) is 0 Å². The average Bonchev–Trinajstić information content (AvgIpc) is 3.29. The zero-order valence-corrected chi connectivity index (χ0v) is 39.4. The highest BCUT2D eigenvalue weighted by atomic mass is 16.7. The largest absolute Gasteiger partial charge is 0.493 e. The smallest absolute Gasteiger partial charge is 0.309 e. The molecule has 65 heavy (non-hydrogen) atoms. The summed E-state index contributed by atoms with van der Waals surface area (Å²) in [5.41, 5.74) is 3.66. The van der Waals surface area contributed by atoms with Gasteiger partial charge in [0.15, 0.2) is 6.29 Å². The molecular formula is C53H70N2O10. The van der Waals surface area contributed by atoms with Gasteiger partial charge in [-0.05, 0) is 160 Å². The molecule has 12 nitrogen and oxygen atoms in total. The zero-order chi connectivity index (χ0) is 45.8. The predicted molar refractivity (Wildman–Crippen MR) is 250 cm³/mol. The predicted octanol–water partition coefficient (Wildman–Crippen LogP) is 11.0. The summed E-state index contributed by atoms with van der Waals surface area (Å²) in [5, 5.41) is 0. The van der Waals surface area contributed by atoms with Crippen molar-refractivity contribution in [2.24, 2.45) is 23.7 Å². The SMILES string of the molecule is CC(C)(C)OC(=O)C1CCC(COc2cccc(-c3nc4ccc(OCCOCCOC5CCCCO5)cc4nc3-c3cccc(OCC4CCC(C(=O)OC(C)(C)C)CC4)c3)c2)CC1. The van der Waals surface area contributed by atoms with Crippen LogP contribution in [0, 0.1) is 23.7 Å². The van der Waals surface area contributed by atoms with Crippen LogP contribution in [0.1, 0.15) is 112 Å². The third-order valence-electron chi connectivity index (χ3n) is 12.2. The number of esters is 2. The average molecular weight is 895 g/mol. The van der Waals surface area contributed by atoms with E-state index < -0.39 is 11.2 Å². The Morgan fingerprint density at radius 3 is 1.62 bits per heavy atom. The third-order valence-corrected chi connectivity index (χ3v) is 12.2. The molecule has 1 aromatic heterocycles. The number of benzene rings is 3. The molecule has 1 atom stereocenters. The first-order valence-electron chi connectivity index (χ1n) is 23.9. The Bertz CT molecular complexity index is 2160. The quantitative estimate of drug-likeness (QED) is 0.0695. The molecule has 2 heterocycles. The highest BCUT2D eigenvalue weighted by Gasteiger charge is 2.32. The zero-order valence-electron chi connectivity index (χ0n) is 39.4. The van der Waals surface area contributed by atoms with Crippen LogP contribution in [0.4, 0.5) is 0 Å². The van der Waals surface area contributed by atoms with Crippen LogP contribution >= 0.6 is 0 Å². The first-order chi connectivity index (χ1) is 31.2. The van der Waals surface area contributed by atoms with Gasteiger partial charge in [0.05, 0.1) is 67.3 Å². The van der Waals surface area contributed by atoms with Gasteiger partial charge in [0.1, 0.15) is 35.1 Å². The van der Waals surface area contributed by atoms with Crippen molar-refractivity contribution in [2.45, 2.75) is 130 Å². The fourth-order valence-electron chi connectivity index (χ4n) is 8.72. The minimum atomic E-state index is -0.480. The molecule has 0 spiro atoms. The molecule has 2 saturated carbocycles. The van der Waals surface area contributed by atoms with E-state index in [9.17, 15) is 9.59 Å². The van der Waals surface area contributed by atoms with Crippen LogP contribution in [0.2, 0.25) is 0 Å². The van der Waals surface area contributed by atoms with E-state index in [1.165, 1.54) is 0 Å². The number of fused-ring (bicyclic) bond motifs is 1. The van der Waals surface area contributed by atoms with Gasteiger partial charge in [0.2, 0.25) is 0 Å². The lowest BCUT2D eigenvalue weighted by Crippen LogP contribution is -2.31. The molecular weight excluding hydrogens is 825 g/mol. The van der Waals surface area contributed by atoms with Crippen LogP contribution in [-0.2, 0) is 33.3 Å². The van der Waals surface area contributed by atoms with Crippen molar-refractivity contribution in [1.82, 2.24) is 9.97 Å². The van der Waals surface area contributed by atoms with E-state index in [1.54, 1.807) is 0 Å². The van der Waals surface area contributed by atoms with Gasteiger partial charge < -0.3 is 37.9 Å². The first kappa shape index (κ1) is 48.2. The Morgan fingerprint density at radius 2 is 1.09 bits per heavy atom. The molecule has 0 bridgehead atoms. The highest BCUT2D eigenvalue weighted by molar-refractivity contribution is 5.87. The number of aromatic nitrogens is 2. The van der Waals surface area contributed by atoms with Crippen LogP contribution in [0.5, 0.6) is 17.2 Å². The van der Waals surface area contributed by atoms with E-state index in [0.717, 1.165) is 111 Å². The van der Waals surface area contributed by atoms with E-state index in [4.69, 9.17) is 47.9 Å². The Balaban J connectivity index is 1.03. The van der Waals surface area contributed by atoms with Crippen LogP contribution in [0.25, 0.3) is 33.5 Å². The second kappa shape index (κ2) is 22.6. The molecule has 352 valence electrons. The maximum Gasteiger partial charge on any atom is 0.309 e. The number of carbonyl (C=O) groups excluding carboxylic acids is 2. The van der Waals surface area contributed by atoms with Crippen molar-refractivity contribution in [2.75, 3.05) is 46.2 Å². The van der Waals surface area contributed by atoms with Crippen LogP contribution < -0.4 is 14.2 Å². The summed E-state index contributed by atoms with van der Waals surface area (Å²) >= 11 is 0. The minimum absolute atomic E-state index is 0.0534. The van der Waals surface area contributed by atoms with Gasteiger partial charge in [-0.1, -0.05) is 24.3 Å². The summed E-state index contributed by atoms with van der Waals surface area (Å²) in [4.78, 5) is 35.9. The van der Waals surface area contributed by atoms with Gasteiger partial charge in [-0.2, -0.15) is 0 Å². The van der Waals surface area contributed by atoms with E-state index in [2.05, 4.69) is 0 Å². The summed E-state index contributed by atoms with van der Waals surface area (Å²) in [5.74, 6) is 2.59. The summed E-state index contributed by atoms with van der Waals surface area (Å²) in [6.45, 7) is 15.1. The fourth-order valence-corrected chi connectivity index (χ4v) is 8.72. The molecule has 0 amide bonds. The summed E-state index contributed by atoms with van der Waals surface area (Å²) in [7, 11) is 0. The molecule has 0 N–H and O–H groups in total. The molecule has 1 unspecified atom stereocenters. The molecule has 3 aliphatic rings. The van der Waals surface area contributed by atoms with E-state index >= 15 is 0 Å². The molecule has 1 saturated heterocycles. The fraction of sp³-hybridized carbons (Fsp3) is 0.585. The third kappa shape index (κ3) is 14.9. The van der Waals surface area contributed by atoms with Crippen molar-refractivity contribution in [3.63, 3.8) is 0 Å². The van der Waals surface area contributed by atoms with Crippen LogP contribution in [-0.4, -0.2) is 85.6 Å². The molecule has 3 fully saturated rings. The molecule has 12 heteroatoms. The van der Waals surface area contributed by atoms with Gasteiger partial charge in [0, 0.05) is 23.8 Å². The van der Waals surface area contributed by atoms with Gasteiger partial charge in [-0.15, -0.1) is 0 Å². The number of ether oxygens (including phenoxy) is 8. The minimum Gasteiger partial charge on any atom is -0.493 e. The summed E-state index contributed by atoms with van der Waals surface area (Å²) < 4.78 is 47.5. The molecule has 0 radical (unpaired) electrons. The molecule has 1 aliphatic heterocycles. The number of nitrogens with zero attached hydrogens (tertiary/aromatic N) is 2. The Morgan fingerprint density at radius 1 is 0.569 bits per heavy atom. The number of carbonyl (C=O) groups is 2. The van der Waals surface area contributed by atoms with E-state index in [0.29, 0.717) is 68.4 Å². The molecule has 3 aromatic carbocycles. The van der Waals surface area contributed by atoms with E-state index in [-0.39, 0.29) is 30.1 Å². The second-order valence-electron chi connectivity index (χ2n) is 19.9. The maximum atomic E-state index is 12.7. The Labute approximate surface area is 385 Å². The van der Waals surface area contributed by atoms with Gasteiger partial charge in [-0.25, -0.2) is 9.97 Å². The van der Waals surface area contributed by atoms with Crippen molar-refractivity contribution < 1.29 is 47.5 Å². The topological polar surface area (TPSA) is 134 Å². The van der Waals surface area contributed by atoms with Crippen LogP contribution in [0.3, 0.4) is 0 Å². The van der Waals surface area contributed by atoms with Gasteiger partial charge >= 0.3 is 11.9 Å². The van der Waals surface area contributed by atoms with E-state index in [1.807, 2.05) is 108 Å². The Kier molecular flexibility index (Phi) is 16.8. The second-order valence-corrected chi connectivity index (χ2v) is 19.9. The van der Waals surface area contributed by atoms with Crippen molar-refractivity contribution in [3.05, 3.63) is 66.7 Å². The maximum absolute atomic E-state index is 12.7. The van der Waals surface area contributed by atoms with Gasteiger partial charge in [-0.3, -0.25) is 9.59 Å². The van der Waals surface area contributed by atoms with Gasteiger partial charge in [0.25, 0.3) is 0 Å². The number of hydrogen-bond acceptors (Lipinski definition) is 12. The molecule has 2 aliphatic carbocycles. The number of rotatable bonds is 18. The molecule has 4 aromatic rings. The molecule has 7 rings (SSSR count). The first-order valence-corrected chi connectivity index (χ1v) is 23.9.